The Balaban J connectivity index is 1.53. The molecular formula is C24H26F2N4O5. The van der Waals surface area contributed by atoms with Gasteiger partial charge in [0.2, 0.25) is 0 Å². The minimum absolute atomic E-state index is 0.0261. The first-order valence-electron chi connectivity index (χ1n) is 11.0. The number of hydrogen-bond acceptors (Lipinski definition) is 5. The van der Waals surface area contributed by atoms with E-state index < -0.39 is 41.9 Å². The lowest BCUT2D eigenvalue weighted by Gasteiger charge is -2.38. The van der Waals surface area contributed by atoms with E-state index in [9.17, 15) is 28.3 Å². The molecule has 0 aliphatic carbocycles. The van der Waals surface area contributed by atoms with Crippen LogP contribution in [0.1, 0.15) is 36.4 Å². The third-order valence-corrected chi connectivity index (χ3v) is 5.66. The highest BCUT2D eigenvalue weighted by Crippen LogP contribution is 2.29. The summed E-state index contributed by atoms with van der Waals surface area (Å²) in [6.07, 6.45) is 0.556. The van der Waals surface area contributed by atoms with Crippen LogP contribution < -0.4 is 10.5 Å². The van der Waals surface area contributed by atoms with E-state index in [1.165, 1.54) is 4.90 Å². The van der Waals surface area contributed by atoms with Gasteiger partial charge >= 0.3 is 17.8 Å². The Morgan fingerprint density at radius 2 is 1.80 bits per heavy atom. The predicted octanol–water partition coefficient (Wildman–Crippen LogP) is 2.29. The molecule has 11 heteroatoms. The highest BCUT2D eigenvalue weighted by Gasteiger charge is 2.38. The number of halogens is 2. The Bertz CT molecular complexity index is 1110. The van der Waals surface area contributed by atoms with Gasteiger partial charge in [-0.3, -0.25) is 19.8 Å². The molecule has 1 atom stereocenters. The summed E-state index contributed by atoms with van der Waals surface area (Å²) in [6.45, 7) is 0.876. The van der Waals surface area contributed by atoms with E-state index in [2.05, 4.69) is 0 Å². The number of amidine groups is 1. The lowest BCUT2D eigenvalue weighted by atomic mass is 10.00. The number of piperazine rings is 1. The molecule has 4 N–H and O–H groups in total. The standard InChI is InChI=1S/C24H26F2N4O5/c25-16-5-8-18(19(26)13-16)20(14-21(31)32)30-11-10-29(23(33)24(30)34)9-1-2-12-35-17-6-3-15(4-7-17)22(27)28/h3-8,13,20H,1-2,9-12,14H2,(H3,27,28)(H,31,32). The molecule has 35 heavy (non-hydrogen) atoms. The first-order chi connectivity index (χ1) is 16.7. The molecule has 2 aromatic carbocycles. The lowest BCUT2D eigenvalue weighted by Crippen LogP contribution is -2.55. The lowest BCUT2D eigenvalue weighted by molar-refractivity contribution is -0.159. The molecule has 1 aliphatic rings. The number of carbonyl (C=O) groups excluding carboxylic acids is 2. The van der Waals surface area contributed by atoms with Crippen LogP contribution in [0.5, 0.6) is 5.75 Å². The summed E-state index contributed by atoms with van der Waals surface area (Å²) in [5, 5.41) is 16.6. The van der Waals surface area contributed by atoms with Crippen molar-refractivity contribution in [3.63, 3.8) is 0 Å². The minimum Gasteiger partial charge on any atom is -0.494 e. The Hall–Kier alpha value is -4.02. The molecule has 9 nitrogen and oxygen atoms in total. The number of benzene rings is 2. The number of nitrogens with one attached hydrogen (secondary N) is 1. The molecule has 1 aliphatic heterocycles. The maximum Gasteiger partial charge on any atom is 0.312 e. The first-order valence-corrected chi connectivity index (χ1v) is 11.0. The van der Waals surface area contributed by atoms with E-state index in [1.54, 1.807) is 24.3 Å². The number of carbonyl (C=O) groups is 3. The third-order valence-electron chi connectivity index (χ3n) is 5.66. The zero-order chi connectivity index (χ0) is 25.5. The normalized spacial score (nSPS) is 14.7. The van der Waals surface area contributed by atoms with Gasteiger partial charge in [-0.05, 0) is 43.2 Å². The van der Waals surface area contributed by atoms with Gasteiger partial charge in [0.1, 0.15) is 23.2 Å². The van der Waals surface area contributed by atoms with Crippen LogP contribution >= 0.6 is 0 Å². The number of rotatable bonds is 11. The van der Waals surface area contributed by atoms with E-state index in [-0.39, 0.29) is 24.5 Å². The van der Waals surface area contributed by atoms with Gasteiger partial charge in [0, 0.05) is 36.8 Å². The molecule has 1 unspecified atom stereocenters. The van der Waals surface area contributed by atoms with E-state index in [0.29, 0.717) is 43.4 Å². The van der Waals surface area contributed by atoms with Gasteiger partial charge in [-0.25, -0.2) is 8.78 Å². The van der Waals surface area contributed by atoms with Gasteiger partial charge in [-0.1, -0.05) is 6.07 Å². The second kappa shape index (κ2) is 11.4. The molecule has 1 fully saturated rings. The molecule has 0 aromatic heterocycles. The fourth-order valence-corrected chi connectivity index (χ4v) is 3.85. The van der Waals surface area contributed by atoms with Gasteiger partial charge in [0.05, 0.1) is 19.1 Å². The fourth-order valence-electron chi connectivity index (χ4n) is 3.85. The van der Waals surface area contributed by atoms with E-state index >= 15 is 0 Å². The molecule has 186 valence electrons. The molecular weight excluding hydrogens is 462 g/mol. The number of ether oxygens (including phenoxy) is 1. The molecule has 2 aromatic rings. The van der Waals surface area contributed by atoms with Crippen LogP contribution in [0.3, 0.4) is 0 Å². The monoisotopic (exact) mass is 488 g/mol. The molecule has 0 radical (unpaired) electrons. The van der Waals surface area contributed by atoms with Gasteiger partial charge in [-0.15, -0.1) is 0 Å². The zero-order valence-electron chi connectivity index (χ0n) is 18.9. The SMILES string of the molecule is N=C(N)c1ccc(OCCCCN2CCN(C(CC(=O)O)c3ccc(F)cc3F)C(=O)C2=O)cc1. The quantitative estimate of drug-likeness (QED) is 0.192. The third kappa shape index (κ3) is 6.52. The van der Waals surface area contributed by atoms with Crippen molar-refractivity contribution in [1.82, 2.24) is 9.80 Å². The number of unbranched alkanes of at least 4 members (excludes halogenated alkanes) is 1. The summed E-state index contributed by atoms with van der Waals surface area (Å²) in [5.74, 6) is -4.22. The average molecular weight is 488 g/mol. The summed E-state index contributed by atoms with van der Waals surface area (Å²) in [6, 6.07) is 8.23. The maximum absolute atomic E-state index is 14.3. The van der Waals surface area contributed by atoms with Gasteiger partial charge < -0.3 is 25.4 Å². The van der Waals surface area contributed by atoms with E-state index in [0.717, 1.165) is 17.0 Å². The van der Waals surface area contributed by atoms with Gasteiger partial charge in [0.25, 0.3) is 0 Å². The number of carboxylic acid groups (broad SMARTS) is 1. The number of hydrogen-bond donors (Lipinski definition) is 3. The largest absolute Gasteiger partial charge is 0.494 e. The predicted molar refractivity (Wildman–Crippen MR) is 122 cm³/mol. The van der Waals surface area contributed by atoms with Crippen LogP contribution in [0.15, 0.2) is 42.5 Å². The van der Waals surface area contributed by atoms with Crippen LogP contribution in [-0.4, -0.2) is 64.8 Å². The number of amides is 2. The Labute approximate surface area is 200 Å². The van der Waals surface area contributed by atoms with Crippen molar-refractivity contribution in [3.8, 4) is 5.75 Å². The summed E-state index contributed by atoms with van der Waals surface area (Å²) in [7, 11) is 0. The fraction of sp³-hybridized carbons (Fsp3) is 0.333. The van der Waals surface area contributed by atoms with Crippen molar-refractivity contribution in [1.29, 1.82) is 5.41 Å². The van der Waals surface area contributed by atoms with Crippen molar-refractivity contribution in [2.45, 2.75) is 25.3 Å². The minimum atomic E-state index is -1.28. The molecule has 1 heterocycles. The first kappa shape index (κ1) is 25.6. The maximum atomic E-state index is 14.3. The van der Waals surface area contributed by atoms with Crippen molar-refractivity contribution in [2.75, 3.05) is 26.2 Å². The van der Waals surface area contributed by atoms with Gasteiger partial charge in [0.15, 0.2) is 0 Å². The number of nitrogen functional groups attached to an aromatic ring is 1. The smallest absolute Gasteiger partial charge is 0.312 e. The Morgan fingerprint density at radius 1 is 1.09 bits per heavy atom. The number of aliphatic carboxylic acids is 1. The number of carboxylic acids is 1. The molecule has 1 saturated heterocycles. The van der Waals surface area contributed by atoms with Crippen LogP contribution in [0, 0.1) is 17.0 Å². The summed E-state index contributed by atoms with van der Waals surface area (Å²) in [5.41, 5.74) is 5.84. The molecule has 0 saturated carbocycles. The zero-order valence-corrected chi connectivity index (χ0v) is 18.9. The molecule has 2 amide bonds. The topological polar surface area (TPSA) is 137 Å². The summed E-state index contributed by atoms with van der Waals surface area (Å²) < 4.78 is 33.3. The highest BCUT2D eigenvalue weighted by atomic mass is 19.1. The van der Waals surface area contributed by atoms with Crippen LogP contribution in [0.4, 0.5) is 8.78 Å². The Kier molecular flexibility index (Phi) is 8.34. The van der Waals surface area contributed by atoms with Crippen molar-refractivity contribution >= 4 is 23.6 Å². The second-order valence-corrected chi connectivity index (χ2v) is 8.06. The van der Waals surface area contributed by atoms with Crippen LogP contribution in [-0.2, 0) is 14.4 Å². The average Bonchev–Trinajstić information content (AvgIpc) is 2.81. The van der Waals surface area contributed by atoms with Crippen molar-refractivity contribution < 1.29 is 33.0 Å². The second-order valence-electron chi connectivity index (χ2n) is 8.06. The van der Waals surface area contributed by atoms with E-state index in [4.69, 9.17) is 15.9 Å². The van der Waals surface area contributed by atoms with Gasteiger partial charge in [-0.2, -0.15) is 0 Å². The molecule has 0 bridgehead atoms. The molecule has 0 spiro atoms. The van der Waals surface area contributed by atoms with Crippen molar-refractivity contribution in [3.05, 3.63) is 65.2 Å². The number of nitrogens with two attached hydrogens (primary N) is 1. The van der Waals surface area contributed by atoms with E-state index in [1.807, 2.05) is 0 Å². The molecule has 3 rings (SSSR count). The number of nitrogens with zero attached hydrogens (tertiary/aromatic N) is 2. The van der Waals surface area contributed by atoms with Crippen molar-refractivity contribution in [2.24, 2.45) is 5.73 Å². The summed E-state index contributed by atoms with van der Waals surface area (Å²) >= 11 is 0. The van der Waals surface area contributed by atoms with Crippen LogP contribution in [0.2, 0.25) is 0 Å². The van der Waals surface area contributed by atoms with Crippen LogP contribution in [0.25, 0.3) is 0 Å². The summed E-state index contributed by atoms with van der Waals surface area (Å²) in [4.78, 5) is 39.2. The Morgan fingerprint density at radius 3 is 2.43 bits per heavy atom. The highest BCUT2D eigenvalue weighted by molar-refractivity contribution is 6.35.